The Labute approximate surface area is 110 Å². The summed E-state index contributed by atoms with van der Waals surface area (Å²) in [5, 5.41) is 10.8. The first-order chi connectivity index (χ1) is 8.21. The van der Waals surface area contributed by atoms with E-state index in [1.807, 2.05) is 0 Å². The van der Waals surface area contributed by atoms with Crippen molar-refractivity contribution >= 4 is 13.9 Å². The Morgan fingerprint density at radius 3 is 2.72 bits per heavy atom. The van der Waals surface area contributed by atoms with Gasteiger partial charge < -0.3 is 5.11 Å². The highest BCUT2D eigenvalue weighted by Gasteiger charge is 2.48. The maximum atomic E-state index is 11.6. The third-order valence-corrected chi connectivity index (χ3v) is 4.68. The number of allylic oxidation sites excluding steroid dienone is 1. The van der Waals surface area contributed by atoms with Gasteiger partial charge in [-0.1, -0.05) is 38.1 Å². The van der Waals surface area contributed by atoms with Gasteiger partial charge in [-0.15, -0.1) is 5.54 Å². The van der Waals surface area contributed by atoms with Crippen LogP contribution in [-0.2, 0) is 4.79 Å². The average molecular weight is 262 g/mol. The zero-order valence-corrected chi connectivity index (χ0v) is 12.7. The Hall–Kier alpha value is -0.853. The third-order valence-electron chi connectivity index (χ3n) is 3.80. The maximum absolute atomic E-state index is 11.6. The molecule has 0 aromatic heterocycles. The molecule has 1 saturated carbocycles. The lowest BCUT2D eigenvalue weighted by atomic mass is 9.74. The molecular formula is C15H22O2Si. The molecule has 0 heterocycles. The second-order valence-electron chi connectivity index (χ2n) is 6.77. The van der Waals surface area contributed by atoms with Crippen molar-refractivity contribution in [3.8, 4) is 11.5 Å². The normalized spacial score (nSPS) is 35.6. The van der Waals surface area contributed by atoms with Gasteiger partial charge in [-0.25, -0.2) is 0 Å². The maximum Gasteiger partial charge on any atom is 0.155 e. The molecule has 0 aliphatic heterocycles. The van der Waals surface area contributed by atoms with Crippen molar-refractivity contribution in [1.82, 2.24) is 0 Å². The molecule has 2 nitrogen and oxygen atoms in total. The van der Waals surface area contributed by atoms with Crippen molar-refractivity contribution in [2.45, 2.75) is 51.4 Å². The number of fused-ring (bicyclic) bond motifs is 1. The first-order valence-corrected chi connectivity index (χ1v) is 10.2. The number of hydrogen-bond acceptors (Lipinski definition) is 2. The summed E-state index contributed by atoms with van der Waals surface area (Å²) in [6.45, 7) is 8.61. The van der Waals surface area contributed by atoms with Gasteiger partial charge >= 0.3 is 0 Å². The van der Waals surface area contributed by atoms with Gasteiger partial charge in [-0.05, 0) is 24.8 Å². The van der Waals surface area contributed by atoms with Crippen molar-refractivity contribution in [2.24, 2.45) is 11.8 Å². The van der Waals surface area contributed by atoms with Crippen molar-refractivity contribution < 1.29 is 9.90 Å². The smallest absolute Gasteiger partial charge is 0.155 e. The summed E-state index contributed by atoms with van der Waals surface area (Å²) in [7, 11) is -1.47. The predicted octanol–water partition coefficient (Wildman–Crippen LogP) is 2.54. The second kappa shape index (κ2) is 4.36. The molecule has 2 rings (SSSR count). The predicted molar refractivity (Wildman–Crippen MR) is 75.7 cm³/mol. The number of aliphatic hydroxyl groups is 1. The zero-order chi connectivity index (χ0) is 13.6. The van der Waals surface area contributed by atoms with Gasteiger partial charge in [0.15, 0.2) is 5.78 Å². The Morgan fingerprint density at radius 1 is 1.44 bits per heavy atom. The Morgan fingerprint density at radius 2 is 2.11 bits per heavy atom. The molecule has 0 aromatic rings. The molecular weight excluding hydrogens is 240 g/mol. The summed E-state index contributed by atoms with van der Waals surface area (Å²) in [4.78, 5) is 11.6. The standard InChI is InChI=1S/C15H22O2Si/c1-11-9-13(16)10-12-5-6-15(17,14(11)12)7-8-18(2,3)4/h10-11,14,17H,5-6,9H2,1-4H3/t11-,14+,15-/m1/s1. The van der Waals surface area contributed by atoms with E-state index in [1.54, 1.807) is 6.08 Å². The molecule has 0 amide bonds. The summed E-state index contributed by atoms with van der Waals surface area (Å²) >= 11 is 0. The van der Waals surface area contributed by atoms with Crippen LogP contribution in [0.25, 0.3) is 0 Å². The fraction of sp³-hybridized carbons (Fsp3) is 0.667. The fourth-order valence-corrected chi connectivity index (χ4v) is 3.68. The summed E-state index contributed by atoms with van der Waals surface area (Å²) < 4.78 is 0. The Bertz CT molecular complexity index is 461. The van der Waals surface area contributed by atoms with E-state index in [0.29, 0.717) is 12.8 Å². The highest BCUT2D eigenvalue weighted by atomic mass is 28.3. The first-order valence-electron chi connectivity index (χ1n) is 6.71. The van der Waals surface area contributed by atoms with Gasteiger partial charge in [0.1, 0.15) is 13.7 Å². The van der Waals surface area contributed by atoms with E-state index < -0.39 is 13.7 Å². The monoisotopic (exact) mass is 262 g/mol. The van der Waals surface area contributed by atoms with E-state index in [0.717, 1.165) is 12.0 Å². The van der Waals surface area contributed by atoms with Crippen molar-refractivity contribution in [3.05, 3.63) is 11.6 Å². The average Bonchev–Trinajstić information content (AvgIpc) is 2.53. The molecule has 3 atom stereocenters. The Kier molecular flexibility index (Phi) is 3.29. The molecule has 1 fully saturated rings. The van der Waals surface area contributed by atoms with Crippen molar-refractivity contribution in [1.29, 1.82) is 0 Å². The molecule has 0 saturated heterocycles. The van der Waals surface area contributed by atoms with Gasteiger partial charge in [-0.3, -0.25) is 4.79 Å². The topological polar surface area (TPSA) is 37.3 Å². The van der Waals surface area contributed by atoms with Crippen LogP contribution in [0.2, 0.25) is 19.6 Å². The molecule has 0 bridgehead atoms. The van der Waals surface area contributed by atoms with Crippen LogP contribution in [0.1, 0.15) is 26.2 Å². The van der Waals surface area contributed by atoms with E-state index in [4.69, 9.17) is 0 Å². The summed E-state index contributed by atoms with van der Waals surface area (Å²) in [5.74, 6) is 3.64. The van der Waals surface area contributed by atoms with Gasteiger partial charge in [0.2, 0.25) is 0 Å². The van der Waals surface area contributed by atoms with Crippen LogP contribution < -0.4 is 0 Å². The quantitative estimate of drug-likeness (QED) is 0.538. The minimum absolute atomic E-state index is 0.0686. The molecule has 2 aliphatic carbocycles. The number of carbonyl (C=O) groups excluding carboxylic acids is 1. The van der Waals surface area contributed by atoms with Crippen molar-refractivity contribution in [3.63, 3.8) is 0 Å². The molecule has 3 heteroatoms. The third kappa shape index (κ3) is 2.60. The molecule has 0 aromatic carbocycles. The summed E-state index contributed by atoms with van der Waals surface area (Å²) in [6, 6.07) is 0. The lowest BCUT2D eigenvalue weighted by Crippen LogP contribution is -2.39. The number of carbonyl (C=O) groups is 1. The largest absolute Gasteiger partial charge is 0.377 e. The van der Waals surface area contributed by atoms with Crippen LogP contribution in [0, 0.1) is 23.3 Å². The van der Waals surface area contributed by atoms with Gasteiger partial charge in [0.25, 0.3) is 0 Å². The molecule has 0 radical (unpaired) electrons. The zero-order valence-electron chi connectivity index (χ0n) is 11.7. The minimum atomic E-state index is -1.47. The van der Waals surface area contributed by atoms with Gasteiger partial charge in [-0.2, -0.15) is 0 Å². The van der Waals surface area contributed by atoms with Crippen LogP contribution >= 0.6 is 0 Å². The second-order valence-corrected chi connectivity index (χ2v) is 11.5. The molecule has 1 N–H and O–H groups in total. The molecule has 98 valence electrons. The lowest BCUT2D eigenvalue weighted by Gasteiger charge is -2.33. The van der Waals surface area contributed by atoms with Crippen LogP contribution in [-0.4, -0.2) is 24.6 Å². The first kappa shape index (κ1) is 13.6. The highest BCUT2D eigenvalue weighted by Crippen LogP contribution is 2.47. The SMILES string of the molecule is C[C@@H]1CC(=O)C=C2CC[C@@](O)(C#C[Si](C)(C)C)[C@H]21. The molecule has 18 heavy (non-hydrogen) atoms. The lowest BCUT2D eigenvalue weighted by molar-refractivity contribution is -0.116. The number of rotatable bonds is 0. The number of hydrogen-bond donors (Lipinski definition) is 1. The minimum Gasteiger partial charge on any atom is -0.377 e. The van der Waals surface area contributed by atoms with E-state index in [2.05, 4.69) is 38.0 Å². The molecule has 0 spiro atoms. The van der Waals surface area contributed by atoms with Crippen LogP contribution in [0.15, 0.2) is 11.6 Å². The Balaban J connectivity index is 2.33. The van der Waals surface area contributed by atoms with Crippen molar-refractivity contribution in [2.75, 3.05) is 0 Å². The van der Waals surface area contributed by atoms with E-state index in [9.17, 15) is 9.90 Å². The molecule has 2 aliphatic rings. The van der Waals surface area contributed by atoms with Crippen LogP contribution in [0.5, 0.6) is 0 Å². The van der Waals surface area contributed by atoms with Crippen LogP contribution in [0.4, 0.5) is 0 Å². The van der Waals surface area contributed by atoms with Gasteiger partial charge in [0, 0.05) is 12.3 Å². The highest BCUT2D eigenvalue weighted by molar-refractivity contribution is 6.83. The van der Waals surface area contributed by atoms with Crippen LogP contribution in [0.3, 0.4) is 0 Å². The van der Waals surface area contributed by atoms with E-state index >= 15 is 0 Å². The summed E-state index contributed by atoms with van der Waals surface area (Å²) in [6.07, 6.45) is 3.79. The summed E-state index contributed by atoms with van der Waals surface area (Å²) in [5.41, 5.74) is 3.52. The molecule has 0 unspecified atom stereocenters. The number of ketones is 1. The fourth-order valence-electron chi connectivity index (χ4n) is 3.09. The van der Waals surface area contributed by atoms with E-state index in [-0.39, 0.29) is 17.6 Å². The van der Waals surface area contributed by atoms with Gasteiger partial charge in [0.05, 0.1) is 0 Å². The van der Waals surface area contributed by atoms with E-state index in [1.165, 1.54) is 0 Å².